The number of nitrogens with one attached hydrogen (secondary N) is 2. The summed E-state index contributed by atoms with van der Waals surface area (Å²) in [5.74, 6) is 0.470. The first-order valence-corrected chi connectivity index (χ1v) is 8.03. The smallest absolute Gasteiger partial charge is 0.253 e. The maximum absolute atomic E-state index is 12.4. The number of carbonyl (C=O) groups excluding carboxylic acids is 2. The molecule has 1 fully saturated rings. The summed E-state index contributed by atoms with van der Waals surface area (Å²) in [4.78, 5) is 26.0. The molecule has 0 aliphatic carbocycles. The van der Waals surface area contributed by atoms with Gasteiger partial charge in [0.05, 0.1) is 12.3 Å². The third-order valence-corrected chi connectivity index (χ3v) is 3.90. The van der Waals surface area contributed by atoms with Gasteiger partial charge in [0, 0.05) is 25.6 Å². The number of nitrogens with zero attached hydrogens (tertiary/aromatic N) is 1. The van der Waals surface area contributed by atoms with E-state index < -0.39 is 0 Å². The summed E-state index contributed by atoms with van der Waals surface area (Å²) < 4.78 is 5.60. The monoisotopic (exact) mass is 319 g/mol. The van der Waals surface area contributed by atoms with Gasteiger partial charge >= 0.3 is 0 Å². The van der Waals surface area contributed by atoms with Crippen LogP contribution < -0.4 is 15.4 Å². The average Bonchev–Trinajstić information content (AvgIpc) is 2.56. The molecular formula is C17H25N3O3. The van der Waals surface area contributed by atoms with Crippen molar-refractivity contribution in [3.8, 4) is 5.75 Å². The molecule has 126 valence electrons. The molecule has 6 heteroatoms. The normalized spacial score (nSPS) is 15.1. The molecule has 0 unspecified atom stereocenters. The Morgan fingerprint density at radius 2 is 2.00 bits per heavy atom. The molecule has 1 saturated heterocycles. The summed E-state index contributed by atoms with van der Waals surface area (Å²) in [7, 11) is 3.41. The van der Waals surface area contributed by atoms with Crippen LogP contribution in [-0.4, -0.2) is 50.5 Å². The molecule has 23 heavy (non-hydrogen) atoms. The fourth-order valence-electron chi connectivity index (χ4n) is 2.61. The summed E-state index contributed by atoms with van der Waals surface area (Å²) >= 11 is 0. The van der Waals surface area contributed by atoms with E-state index in [2.05, 4.69) is 10.6 Å². The largest absolute Gasteiger partial charge is 0.492 e. The van der Waals surface area contributed by atoms with Crippen molar-refractivity contribution in [1.29, 1.82) is 0 Å². The minimum atomic E-state index is -0.0952. The minimum absolute atomic E-state index is 0.0131. The van der Waals surface area contributed by atoms with Gasteiger partial charge in [-0.3, -0.25) is 9.59 Å². The first kappa shape index (κ1) is 17.3. The molecule has 0 aromatic heterocycles. The molecule has 1 aliphatic heterocycles. The average molecular weight is 319 g/mol. The van der Waals surface area contributed by atoms with E-state index in [1.807, 2.05) is 6.92 Å². The highest BCUT2D eigenvalue weighted by Crippen LogP contribution is 2.28. The first-order chi connectivity index (χ1) is 11.0. The van der Waals surface area contributed by atoms with Crippen molar-refractivity contribution in [2.24, 2.45) is 5.92 Å². The minimum Gasteiger partial charge on any atom is -0.492 e. The van der Waals surface area contributed by atoms with Gasteiger partial charge < -0.3 is 20.3 Å². The van der Waals surface area contributed by atoms with Crippen LogP contribution in [0.3, 0.4) is 0 Å². The van der Waals surface area contributed by atoms with E-state index in [1.165, 1.54) is 4.90 Å². The van der Waals surface area contributed by atoms with Crippen molar-refractivity contribution in [1.82, 2.24) is 10.2 Å². The molecule has 6 nitrogen and oxygen atoms in total. The lowest BCUT2D eigenvalue weighted by Crippen LogP contribution is -2.34. The van der Waals surface area contributed by atoms with Crippen LogP contribution in [0.15, 0.2) is 18.2 Å². The lowest BCUT2D eigenvalue weighted by atomic mass is 9.97. The van der Waals surface area contributed by atoms with E-state index >= 15 is 0 Å². The Morgan fingerprint density at radius 1 is 1.30 bits per heavy atom. The van der Waals surface area contributed by atoms with Gasteiger partial charge in [-0.1, -0.05) is 0 Å². The molecule has 0 atom stereocenters. The van der Waals surface area contributed by atoms with Crippen LogP contribution in [0.2, 0.25) is 0 Å². The lowest BCUT2D eigenvalue weighted by molar-refractivity contribution is -0.120. The second kappa shape index (κ2) is 7.97. The van der Waals surface area contributed by atoms with E-state index in [0.29, 0.717) is 23.6 Å². The second-order valence-corrected chi connectivity index (χ2v) is 5.86. The molecule has 1 aliphatic rings. The zero-order valence-electron chi connectivity index (χ0n) is 14.0. The number of hydrogen-bond acceptors (Lipinski definition) is 4. The lowest BCUT2D eigenvalue weighted by Gasteiger charge is -2.22. The molecule has 0 saturated carbocycles. The van der Waals surface area contributed by atoms with Crippen LogP contribution in [0.25, 0.3) is 0 Å². The number of ether oxygens (including phenoxy) is 1. The van der Waals surface area contributed by atoms with Crippen molar-refractivity contribution in [2.45, 2.75) is 19.8 Å². The maximum Gasteiger partial charge on any atom is 0.253 e. The van der Waals surface area contributed by atoms with Crippen LogP contribution in [0.1, 0.15) is 30.1 Å². The molecule has 1 aromatic rings. The maximum atomic E-state index is 12.4. The number of rotatable bonds is 5. The highest BCUT2D eigenvalue weighted by atomic mass is 16.5. The third-order valence-electron chi connectivity index (χ3n) is 3.90. The Labute approximate surface area is 137 Å². The van der Waals surface area contributed by atoms with E-state index in [4.69, 9.17) is 4.74 Å². The molecule has 1 aromatic carbocycles. The molecular weight excluding hydrogens is 294 g/mol. The van der Waals surface area contributed by atoms with E-state index in [9.17, 15) is 9.59 Å². The SMILES string of the molecule is CCOc1cc(C(=O)N(C)C)ccc1NC(=O)C1CCNCC1. The summed E-state index contributed by atoms with van der Waals surface area (Å²) in [5, 5.41) is 6.19. The number of amides is 2. The molecule has 0 bridgehead atoms. The van der Waals surface area contributed by atoms with Crippen molar-refractivity contribution >= 4 is 17.5 Å². The van der Waals surface area contributed by atoms with Gasteiger partial charge in [0.15, 0.2) is 0 Å². The zero-order chi connectivity index (χ0) is 16.8. The Balaban J connectivity index is 2.16. The Hall–Kier alpha value is -2.08. The summed E-state index contributed by atoms with van der Waals surface area (Å²) in [6.45, 7) is 4.08. The van der Waals surface area contributed by atoms with E-state index in [1.54, 1.807) is 32.3 Å². The molecule has 2 rings (SSSR count). The second-order valence-electron chi connectivity index (χ2n) is 5.86. The van der Waals surface area contributed by atoms with Gasteiger partial charge in [0.1, 0.15) is 5.75 Å². The number of carbonyl (C=O) groups is 2. The molecule has 0 radical (unpaired) electrons. The first-order valence-electron chi connectivity index (χ1n) is 8.03. The topological polar surface area (TPSA) is 70.7 Å². The number of hydrogen-bond donors (Lipinski definition) is 2. The Morgan fingerprint density at radius 3 is 2.61 bits per heavy atom. The number of benzene rings is 1. The van der Waals surface area contributed by atoms with Gasteiger partial charge in [-0.25, -0.2) is 0 Å². The predicted molar refractivity (Wildman–Crippen MR) is 89.9 cm³/mol. The Kier molecular flexibility index (Phi) is 5.98. The van der Waals surface area contributed by atoms with Crippen molar-refractivity contribution in [2.75, 3.05) is 39.1 Å². The quantitative estimate of drug-likeness (QED) is 0.867. The van der Waals surface area contributed by atoms with Crippen LogP contribution >= 0.6 is 0 Å². The van der Waals surface area contributed by atoms with Crippen molar-refractivity contribution in [3.05, 3.63) is 23.8 Å². The van der Waals surface area contributed by atoms with Crippen LogP contribution in [-0.2, 0) is 4.79 Å². The molecule has 1 heterocycles. The fourth-order valence-corrected chi connectivity index (χ4v) is 2.61. The predicted octanol–water partition coefficient (Wildman–Crippen LogP) is 1.73. The van der Waals surface area contributed by atoms with Gasteiger partial charge in [0.2, 0.25) is 5.91 Å². The molecule has 2 N–H and O–H groups in total. The molecule has 0 spiro atoms. The van der Waals surface area contributed by atoms with Gasteiger partial charge in [-0.2, -0.15) is 0 Å². The number of anilines is 1. The summed E-state index contributed by atoms with van der Waals surface area (Å²) in [6.07, 6.45) is 1.68. The summed E-state index contributed by atoms with van der Waals surface area (Å²) in [6, 6.07) is 5.13. The van der Waals surface area contributed by atoms with E-state index in [0.717, 1.165) is 25.9 Å². The molecule has 2 amide bonds. The number of piperidine rings is 1. The van der Waals surface area contributed by atoms with Gasteiger partial charge in [0.25, 0.3) is 5.91 Å². The Bertz CT molecular complexity index is 566. The van der Waals surface area contributed by atoms with Crippen LogP contribution in [0, 0.1) is 5.92 Å². The van der Waals surface area contributed by atoms with Gasteiger partial charge in [-0.05, 0) is 51.1 Å². The third kappa shape index (κ3) is 4.45. The fraction of sp³-hybridized carbons (Fsp3) is 0.529. The van der Waals surface area contributed by atoms with Crippen LogP contribution in [0.5, 0.6) is 5.75 Å². The van der Waals surface area contributed by atoms with Crippen LogP contribution in [0.4, 0.5) is 5.69 Å². The van der Waals surface area contributed by atoms with E-state index in [-0.39, 0.29) is 17.7 Å². The zero-order valence-corrected chi connectivity index (χ0v) is 14.0. The van der Waals surface area contributed by atoms with Gasteiger partial charge in [-0.15, -0.1) is 0 Å². The van der Waals surface area contributed by atoms with Crippen molar-refractivity contribution < 1.29 is 14.3 Å². The highest BCUT2D eigenvalue weighted by molar-refractivity contribution is 5.97. The standard InChI is InChI=1S/C17H25N3O3/c1-4-23-15-11-13(17(22)20(2)3)5-6-14(15)19-16(21)12-7-9-18-10-8-12/h5-6,11-12,18H,4,7-10H2,1-3H3,(H,19,21). The highest BCUT2D eigenvalue weighted by Gasteiger charge is 2.22. The summed E-state index contributed by atoms with van der Waals surface area (Å²) in [5.41, 5.74) is 1.16. The van der Waals surface area contributed by atoms with Crippen molar-refractivity contribution in [3.63, 3.8) is 0 Å².